The molecule has 1 aliphatic rings. The third-order valence-electron chi connectivity index (χ3n) is 6.53. The molecule has 1 aliphatic carbocycles. The molecule has 1 unspecified atom stereocenters. The van der Waals surface area contributed by atoms with E-state index in [0.29, 0.717) is 31.3 Å². The van der Waals surface area contributed by atoms with Crippen LogP contribution < -0.4 is 10.1 Å². The highest BCUT2D eigenvalue weighted by Gasteiger charge is 2.31. The van der Waals surface area contributed by atoms with E-state index in [4.69, 9.17) is 9.84 Å². The summed E-state index contributed by atoms with van der Waals surface area (Å²) < 4.78 is 5.87. The van der Waals surface area contributed by atoms with E-state index in [1.807, 2.05) is 13.8 Å². The second-order valence-corrected chi connectivity index (χ2v) is 11.4. The quantitative estimate of drug-likeness (QED) is 0.335. The van der Waals surface area contributed by atoms with E-state index in [-0.39, 0.29) is 19.0 Å². The molecule has 1 aromatic heterocycles. The lowest BCUT2D eigenvalue weighted by Gasteiger charge is -2.30. The van der Waals surface area contributed by atoms with Crippen LogP contribution in [-0.2, 0) is 19.3 Å². The molecule has 0 saturated carbocycles. The lowest BCUT2D eigenvalue weighted by atomic mass is 9.74. The molecule has 1 aromatic carbocycles. The SMILES string of the molecule is Cc1cc(CCC(=O)c2sc(C)c3c2CCC(C)(C)C3)cc(C)c1OCC(O)CNCCO. The molecule has 3 rings (SSSR count). The third kappa shape index (κ3) is 6.66. The van der Waals surface area contributed by atoms with Gasteiger partial charge in [-0.15, -0.1) is 11.3 Å². The van der Waals surface area contributed by atoms with E-state index >= 15 is 0 Å². The number of fused-ring (bicyclic) bond motifs is 1. The number of aryl methyl sites for hydroxylation is 4. The van der Waals surface area contributed by atoms with Crippen LogP contribution in [0.25, 0.3) is 0 Å². The van der Waals surface area contributed by atoms with Gasteiger partial charge in [-0.2, -0.15) is 0 Å². The Bertz CT molecular complexity index is 956. The monoisotopic (exact) mass is 473 g/mol. The van der Waals surface area contributed by atoms with Crippen molar-refractivity contribution in [1.29, 1.82) is 0 Å². The highest BCUT2D eigenvalue weighted by molar-refractivity contribution is 7.14. The van der Waals surface area contributed by atoms with Crippen molar-refractivity contribution in [1.82, 2.24) is 5.32 Å². The van der Waals surface area contributed by atoms with Crippen molar-refractivity contribution in [3.63, 3.8) is 0 Å². The van der Waals surface area contributed by atoms with Crippen molar-refractivity contribution >= 4 is 17.1 Å². The molecule has 0 saturated heterocycles. The van der Waals surface area contributed by atoms with Crippen LogP contribution >= 0.6 is 11.3 Å². The van der Waals surface area contributed by atoms with Crippen molar-refractivity contribution in [3.8, 4) is 5.75 Å². The van der Waals surface area contributed by atoms with Crippen molar-refractivity contribution < 1.29 is 19.7 Å². The van der Waals surface area contributed by atoms with Gasteiger partial charge in [-0.1, -0.05) is 26.0 Å². The predicted octanol–water partition coefficient (Wildman–Crippen LogP) is 4.33. The summed E-state index contributed by atoms with van der Waals surface area (Å²) in [4.78, 5) is 15.4. The molecule has 0 radical (unpaired) electrons. The average molecular weight is 474 g/mol. The van der Waals surface area contributed by atoms with Gasteiger partial charge in [0.15, 0.2) is 5.78 Å². The first-order valence-electron chi connectivity index (χ1n) is 12.0. The number of aliphatic hydroxyl groups excluding tert-OH is 2. The molecular formula is C27H39NO4S. The number of ether oxygens (including phenoxy) is 1. The molecule has 1 atom stereocenters. The van der Waals surface area contributed by atoms with E-state index in [9.17, 15) is 9.90 Å². The summed E-state index contributed by atoms with van der Waals surface area (Å²) in [5.41, 5.74) is 6.22. The van der Waals surface area contributed by atoms with Crippen molar-refractivity contribution in [3.05, 3.63) is 49.7 Å². The molecule has 1 heterocycles. The largest absolute Gasteiger partial charge is 0.490 e. The Morgan fingerprint density at radius 1 is 1.21 bits per heavy atom. The van der Waals surface area contributed by atoms with Crippen LogP contribution in [0, 0.1) is 26.2 Å². The molecule has 0 bridgehead atoms. The minimum atomic E-state index is -0.640. The topological polar surface area (TPSA) is 78.8 Å². The van der Waals surface area contributed by atoms with Gasteiger partial charge in [-0.3, -0.25) is 4.79 Å². The maximum atomic E-state index is 13.1. The Morgan fingerprint density at radius 2 is 1.91 bits per heavy atom. The van der Waals surface area contributed by atoms with Gasteiger partial charge in [0.25, 0.3) is 0 Å². The van der Waals surface area contributed by atoms with Crippen LogP contribution in [0.5, 0.6) is 5.75 Å². The van der Waals surface area contributed by atoms with E-state index in [0.717, 1.165) is 46.6 Å². The molecule has 3 N–H and O–H groups in total. The van der Waals surface area contributed by atoms with Gasteiger partial charge < -0.3 is 20.3 Å². The Hall–Kier alpha value is -1.73. The lowest BCUT2D eigenvalue weighted by molar-refractivity contribution is 0.0984. The number of nitrogens with one attached hydrogen (secondary N) is 1. The first-order chi connectivity index (χ1) is 15.6. The molecule has 0 spiro atoms. The smallest absolute Gasteiger partial charge is 0.173 e. The van der Waals surface area contributed by atoms with Crippen LogP contribution in [0.15, 0.2) is 12.1 Å². The Labute approximate surface area is 202 Å². The molecule has 6 heteroatoms. The Kier molecular flexibility index (Phi) is 8.73. The first kappa shape index (κ1) is 25.9. The maximum Gasteiger partial charge on any atom is 0.173 e. The molecule has 0 amide bonds. The standard InChI is InChI=1S/C27H39NO4S/c1-17-12-20(13-18(2)25(17)32-16-21(30)15-28-10-11-29)6-7-24(31)26-22-8-9-27(4,5)14-23(22)19(3)33-26/h12-13,21,28-30H,6-11,14-16H2,1-5H3. The number of benzene rings is 1. The summed E-state index contributed by atoms with van der Waals surface area (Å²) >= 11 is 1.69. The van der Waals surface area contributed by atoms with E-state index in [1.165, 1.54) is 16.0 Å². The van der Waals surface area contributed by atoms with Crippen LogP contribution in [-0.4, -0.2) is 48.4 Å². The molecule has 182 valence electrons. The lowest BCUT2D eigenvalue weighted by Crippen LogP contribution is -2.33. The Balaban J connectivity index is 1.60. The number of hydrogen-bond donors (Lipinski definition) is 3. The van der Waals surface area contributed by atoms with Gasteiger partial charge in [0.2, 0.25) is 0 Å². The van der Waals surface area contributed by atoms with Crippen LogP contribution in [0.4, 0.5) is 0 Å². The minimum absolute atomic E-state index is 0.0441. The van der Waals surface area contributed by atoms with Crippen molar-refractivity contribution in [2.45, 2.75) is 72.8 Å². The number of thiophene rings is 1. The number of carbonyl (C=O) groups is 1. The predicted molar refractivity (Wildman–Crippen MR) is 135 cm³/mol. The third-order valence-corrected chi connectivity index (χ3v) is 7.76. The van der Waals surface area contributed by atoms with E-state index in [1.54, 1.807) is 11.3 Å². The normalized spacial score (nSPS) is 15.8. The fourth-order valence-electron chi connectivity index (χ4n) is 4.75. The fourth-order valence-corrected chi connectivity index (χ4v) is 5.94. The highest BCUT2D eigenvalue weighted by Crippen LogP contribution is 2.41. The second kappa shape index (κ2) is 11.1. The average Bonchev–Trinajstić information content (AvgIpc) is 3.06. The van der Waals surface area contributed by atoms with Gasteiger partial charge in [0, 0.05) is 24.4 Å². The summed E-state index contributed by atoms with van der Waals surface area (Å²) in [5.74, 6) is 1.05. The van der Waals surface area contributed by atoms with Gasteiger partial charge in [-0.25, -0.2) is 0 Å². The second-order valence-electron chi connectivity index (χ2n) is 10.2. The zero-order valence-electron chi connectivity index (χ0n) is 20.7. The van der Waals surface area contributed by atoms with Crippen LogP contribution in [0.2, 0.25) is 0 Å². The molecule has 2 aromatic rings. The number of carbonyl (C=O) groups excluding carboxylic acids is 1. The first-order valence-corrected chi connectivity index (χ1v) is 12.8. The number of aliphatic hydroxyl groups is 2. The van der Waals surface area contributed by atoms with Gasteiger partial charge in [0.05, 0.1) is 11.5 Å². The van der Waals surface area contributed by atoms with Crippen molar-refractivity contribution in [2.75, 3.05) is 26.3 Å². The van der Waals surface area contributed by atoms with E-state index < -0.39 is 6.10 Å². The fraction of sp³-hybridized carbons (Fsp3) is 0.593. The molecule has 0 aliphatic heterocycles. The zero-order valence-corrected chi connectivity index (χ0v) is 21.5. The summed E-state index contributed by atoms with van der Waals surface area (Å²) in [6.07, 6.45) is 3.82. The summed E-state index contributed by atoms with van der Waals surface area (Å²) in [5, 5.41) is 21.8. The van der Waals surface area contributed by atoms with Gasteiger partial charge in [0.1, 0.15) is 18.5 Å². The van der Waals surface area contributed by atoms with E-state index in [2.05, 4.69) is 38.2 Å². The van der Waals surface area contributed by atoms with Crippen LogP contribution in [0.1, 0.15) is 69.1 Å². The summed E-state index contributed by atoms with van der Waals surface area (Å²) in [6.45, 7) is 11.9. The highest BCUT2D eigenvalue weighted by atomic mass is 32.1. The molecule has 33 heavy (non-hydrogen) atoms. The molecular weight excluding hydrogens is 434 g/mol. The van der Waals surface area contributed by atoms with Crippen LogP contribution in [0.3, 0.4) is 0 Å². The summed E-state index contributed by atoms with van der Waals surface area (Å²) in [7, 11) is 0. The number of Topliss-reactive ketones (excluding diaryl/α,β-unsaturated/α-hetero) is 1. The maximum absolute atomic E-state index is 13.1. The minimum Gasteiger partial charge on any atom is -0.490 e. The Morgan fingerprint density at radius 3 is 2.58 bits per heavy atom. The van der Waals surface area contributed by atoms with Gasteiger partial charge >= 0.3 is 0 Å². The molecule has 0 fully saturated rings. The zero-order chi connectivity index (χ0) is 24.2. The van der Waals surface area contributed by atoms with Gasteiger partial charge in [-0.05, 0) is 79.7 Å². The number of ketones is 1. The van der Waals surface area contributed by atoms with Crippen molar-refractivity contribution in [2.24, 2.45) is 5.41 Å². The summed E-state index contributed by atoms with van der Waals surface area (Å²) in [6, 6.07) is 4.17. The molecule has 5 nitrogen and oxygen atoms in total. The number of rotatable bonds is 11. The number of hydrogen-bond acceptors (Lipinski definition) is 6.